The van der Waals surface area contributed by atoms with E-state index in [0.29, 0.717) is 23.2 Å². The van der Waals surface area contributed by atoms with Crippen LogP contribution >= 0.6 is 0 Å². The van der Waals surface area contributed by atoms with E-state index in [1.807, 2.05) is 32.9 Å². The summed E-state index contributed by atoms with van der Waals surface area (Å²) in [6.07, 6.45) is 11.3. The second-order valence-corrected chi connectivity index (χ2v) is 31.6. The van der Waals surface area contributed by atoms with Crippen LogP contribution in [0.3, 0.4) is 0 Å². The molecule has 2 spiro atoms. The molecule has 8 heteroatoms. The van der Waals surface area contributed by atoms with Crippen LogP contribution in [-0.4, -0.2) is 56.3 Å². The van der Waals surface area contributed by atoms with Crippen molar-refractivity contribution in [2.24, 2.45) is 21.7 Å². The van der Waals surface area contributed by atoms with Crippen LogP contribution in [0.2, 0.25) is 0 Å². The molecule has 6 fully saturated rings. The highest BCUT2D eigenvalue weighted by molar-refractivity contribution is 6.10. The van der Waals surface area contributed by atoms with E-state index >= 15 is 0 Å². The van der Waals surface area contributed by atoms with Gasteiger partial charge in [-0.1, -0.05) is 127 Å². The van der Waals surface area contributed by atoms with E-state index in [2.05, 4.69) is 194 Å². The Labute approximate surface area is 557 Å². The number of fused-ring (bicyclic) bond motifs is 6. The molecule has 0 amide bonds. The van der Waals surface area contributed by atoms with E-state index in [1.165, 1.54) is 104 Å². The van der Waals surface area contributed by atoms with Crippen molar-refractivity contribution in [1.82, 2.24) is 9.97 Å². The average Bonchev–Trinajstić information content (AvgIpc) is 1.50. The van der Waals surface area contributed by atoms with Crippen molar-refractivity contribution in [2.45, 2.75) is 288 Å². The van der Waals surface area contributed by atoms with Gasteiger partial charge in [-0.05, 0) is 256 Å². The molecule has 4 atom stereocenters. The van der Waals surface area contributed by atoms with Crippen molar-refractivity contribution in [1.29, 1.82) is 0 Å². The summed E-state index contributed by atoms with van der Waals surface area (Å²) in [5, 5.41) is 4.58. The van der Waals surface area contributed by atoms with E-state index < -0.39 is 49.0 Å². The minimum atomic E-state index is -3.00. The molecular formula is C82H114N6O2. The number of rotatable bonds is 4. The molecule has 8 nitrogen and oxygen atoms in total. The average molecular weight is 1230 g/mol. The molecule has 4 aromatic heterocycles. The number of aromatic nitrogens is 2. The van der Waals surface area contributed by atoms with Crippen LogP contribution in [0.4, 0.5) is 22.7 Å². The third-order valence-corrected chi connectivity index (χ3v) is 22.7. The number of aryl methyl sites for hydroxylation is 6. The van der Waals surface area contributed by atoms with E-state index in [-0.39, 0.29) is 27.9 Å². The Morgan fingerprint density at radius 3 is 1.22 bits per heavy atom. The number of benzene rings is 4. The van der Waals surface area contributed by atoms with Crippen LogP contribution in [-0.2, 0) is 0 Å². The summed E-state index contributed by atoms with van der Waals surface area (Å²) in [5.41, 5.74) is 10.9. The van der Waals surface area contributed by atoms with E-state index in [1.54, 1.807) is 30.9 Å². The molecule has 484 valence electrons. The first-order valence-electron chi connectivity index (χ1n) is 39.1. The topological polar surface area (TPSA) is 65.0 Å². The van der Waals surface area contributed by atoms with Crippen LogP contribution in [0.15, 0.2) is 106 Å². The molecule has 4 aliphatic heterocycles. The van der Waals surface area contributed by atoms with Gasteiger partial charge in [0.05, 0.1) is 11.4 Å². The highest BCUT2D eigenvalue weighted by Crippen LogP contribution is 2.59. The number of furan rings is 2. The number of anilines is 4. The van der Waals surface area contributed by atoms with Gasteiger partial charge in [-0.15, -0.1) is 0 Å². The molecule has 0 radical (unpaired) electrons. The molecule has 4 saturated heterocycles. The van der Waals surface area contributed by atoms with Crippen molar-refractivity contribution in [3.63, 3.8) is 0 Å². The van der Waals surface area contributed by atoms with Gasteiger partial charge in [0.1, 0.15) is 0 Å². The predicted molar refractivity (Wildman–Crippen MR) is 385 cm³/mol. The quantitative estimate of drug-likeness (QED) is 0.173. The van der Waals surface area contributed by atoms with E-state index in [4.69, 9.17) is 22.5 Å². The van der Waals surface area contributed by atoms with Crippen LogP contribution in [0.1, 0.15) is 248 Å². The zero-order chi connectivity index (χ0) is 73.6. The summed E-state index contributed by atoms with van der Waals surface area (Å²) in [6, 6.07) is 33.1. The number of pyridine rings is 2. The number of nitrogens with zero attached hydrogens (tertiary/aromatic N) is 6. The number of para-hydroxylation sites is 2. The van der Waals surface area contributed by atoms with E-state index in [9.17, 15) is 0 Å². The lowest BCUT2D eigenvalue weighted by molar-refractivity contribution is 0.170. The van der Waals surface area contributed by atoms with Gasteiger partial charge in [0.2, 0.25) is 11.4 Å². The normalized spacial score (nSPS) is 27.8. The smallest absolute Gasteiger partial charge is 0.227 e. The van der Waals surface area contributed by atoms with Gasteiger partial charge in [-0.2, -0.15) is 0 Å². The molecule has 8 heterocycles. The summed E-state index contributed by atoms with van der Waals surface area (Å²) >= 11 is 0. The van der Waals surface area contributed by atoms with Gasteiger partial charge in [0.15, 0.2) is 11.2 Å². The minimum Gasteiger partial charge on any atom is -0.436 e. The lowest BCUT2D eigenvalue weighted by atomic mass is 9.68. The molecular weight excluding hydrogens is 1100 g/mol. The Morgan fingerprint density at radius 2 is 0.789 bits per heavy atom. The fourth-order valence-corrected chi connectivity index (χ4v) is 18.6. The highest BCUT2D eigenvalue weighted by Gasteiger charge is 2.56. The van der Waals surface area contributed by atoms with Gasteiger partial charge >= 0.3 is 0 Å². The Balaban J connectivity index is 0.000000135. The van der Waals surface area contributed by atoms with Crippen LogP contribution in [0.5, 0.6) is 0 Å². The van der Waals surface area contributed by atoms with Crippen molar-refractivity contribution in [3.05, 3.63) is 131 Å². The monoisotopic (exact) mass is 1220 g/mol. The number of hydrogen-bond donors (Lipinski definition) is 0. The standard InChI is InChI=1S/C25H32N2O.C22H28N2O.C19H29N.C16H25N/c1-16-9-11-19-20-12-10-17(2)26-23(20)28-22(19)21(16)27-18(3)25(15-24(27,4)5)13-7-6-8-14-25;1-13-8-10-16-17-11-9-14(2)23-20(17)25-19(16)18(13)24-15(3)21(4,5)12-22(24,6)7;1-15-10-6-7-11-17(15)20-16(2)19(14-18(20,3)4)12-8-5-9-13-19;1-12-9-7-8-10-14(12)17-13(2)15(3,4)11-16(17,5)6/h9-12,18H,6-8,13-15H2,1-5H3;8-11,15H,12H2,1-7H3;6-7,10-11,16H,5,8-9,12-14H2,1-4H3;7-10,13H,11H2,1-6H3/i;;14D2;3D3,4D3,11D2. The van der Waals surface area contributed by atoms with Crippen molar-refractivity contribution < 1.29 is 22.5 Å². The first kappa shape index (κ1) is 53.5. The molecule has 0 N–H and O–H groups in total. The lowest BCUT2D eigenvalue weighted by Gasteiger charge is -2.41. The molecule has 0 bridgehead atoms. The summed E-state index contributed by atoms with van der Waals surface area (Å²) in [4.78, 5) is 18.6. The zero-order valence-electron chi connectivity index (χ0n) is 68.5. The maximum Gasteiger partial charge on any atom is 0.227 e. The molecule has 90 heavy (non-hydrogen) atoms. The first-order valence-corrected chi connectivity index (χ1v) is 34.1. The van der Waals surface area contributed by atoms with Crippen LogP contribution in [0.25, 0.3) is 44.1 Å². The zero-order valence-corrected chi connectivity index (χ0v) is 58.5. The largest absolute Gasteiger partial charge is 0.436 e. The van der Waals surface area contributed by atoms with Gasteiger partial charge in [0, 0.05) is 104 Å². The third kappa shape index (κ3) is 11.5. The summed E-state index contributed by atoms with van der Waals surface area (Å²) in [7, 11) is 0. The maximum atomic E-state index is 9.04. The lowest BCUT2D eigenvalue weighted by Crippen LogP contribution is -2.44. The Morgan fingerprint density at radius 1 is 0.400 bits per heavy atom. The van der Waals surface area contributed by atoms with Gasteiger partial charge in [-0.3, -0.25) is 0 Å². The Bertz CT molecular complexity index is 4340. The van der Waals surface area contributed by atoms with Crippen LogP contribution < -0.4 is 19.6 Å². The highest BCUT2D eigenvalue weighted by atomic mass is 16.3. The second-order valence-electron chi connectivity index (χ2n) is 31.6. The molecule has 6 aliphatic rings. The SMILES string of the molecule is Cc1ccc2c(n1)oc1c(N3C(C)C(C)(C)CC3(C)C)c(C)ccc12.Cc1ccc2c(n1)oc1c(N3C(C)C4(CCCCC4)CC3(C)C)c(C)ccc12.[2H]C([2H])([2H])C1(C([2H])([2H])[2H])C(C)N(c2ccccc2C)C(C)(C)C1([2H])[2H].[2H]C1([2H])C2(CCCCC2)C(C)N(c2ccccc2C)C1(C)C. The van der Waals surface area contributed by atoms with Crippen molar-refractivity contribution in [2.75, 3.05) is 19.6 Å². The maximum absolute atomic E-state index is 9.04. The van der Waals surface area contributed by atoms with Crippen molar-refractivity contribution >= 4 is 66.9 Å². The minimum absolute atomic E-state index is 0.0876. The fourth-order valence-electron chi connectivity index (χ4n) is 18.6. The summed E-state index contributed by atoms with van der Waals surface area (Å²) in [5.74, 6) is 0. The Kier molecular flexibility index (Phi) is 14.0. The van der Waals surface area contributed by atoms with Gasteiger partial charge in [-0.25, -0.2) is 9.97 Å². The van der Waals surface area contributed by atoms with Crippen LogP contribution in [0, 0.1) is 63.2 Å². The van der Waals surface area contributed by atoms with Gasteiger partial charge < -0.3 is 28.4 Å². The Hall–Kier alpha value is -6.02. The fraction of sp³-hybridized carbons (Fsp3) is 0.585. The molecule has 14 rings (SSSR count). The molecule has 4 unspecified atom stereocenters. The molecule has 8 aromatic rings. The van der Waals surface area contributed by atoms with Crippen molar-refractivity contribution in [3.8, 4) is 0 Å². The first-order chi connectivity index (χ1) is 46.2. The van der Waals surface area contributed by atoms with Gasteiger partial charge in [0.25, 0.3) is 0 Å². The summed E-state index contributed by atoms with van der Waals surface area (Å²) < 4.78 is 96.2. The number of hydrogen-bond acceptors (Lipinski definition) is 8. The third-order valence-electron chi connectivity index (χ3n) is 22.7. The molecule has 2 aliphatic carbocycles. The predicted octanol–water partition coefficient (Wildman–Crippen LogP) is 22.6. The van der Waals surface area contributed by atoms with E-state index in [0.717, 1.165) is 75.0 Å². The molecule has 4 aromatic carbocycles. The second kappa shape index (κ2) is 23.5. The summed E-state index contributed by atoms with van der Waals surface area (Å²) in [6.45, 7) is 36.6. The molecule has 2 saturated carbocycles.